The van der Waals surface area contributed by atoms with E-state index in [0.29, 0.717) is 0 Å². The highest BCUT2D eigenvalue weighted by Crippen LogP contribution is 2.22. The summed E-state index contributed by atoms with van der Waals surface area (Å²) in [7, 11) is 0. The zero-order valence-corrected chi connectivity index (χ0v) is 11.3. The number of nitrogens with zero attached hydrogens (tertiary/aromatic N) is 1. The van der Waals surface area contributed by atoms with Crippen molar-refractivity contribution >= 4 is 29.4 Å². The zero-order chi connectivity index (χ0) is 13.9. The Balaban J connectivity index is 1.81. The molecule has 3 rings (SSSR count). The van der Waals surface area contributed by atoms with Crippen LogP contribution in [0.3, 0.4) is 0 Å². The molecule has 5 heteroatoms. The maximum Gasteiger partial charge on any atom is 0.422 e. The van der Waals surface area contributed by atoms with E-state index in [-0.39, 0.29) is 12.3 Å². The van der Waals surface area contributed by atoms with Crippen molar-refractivity contribution in [1.29, 1.82) is 0 Å². The van der Waals surface area contributed by atoms with Crippen LogP contribution < -0.4 is 0 Å². The molecule has 4 nitrogen and oxygen atoms in total. The molecule has 0 saturated carbocycles. The van der Waals surface area contributed by atoms with Crippen LogP contribution in [0.1, 0.15) is 11.1 Å². The van der Waals surface area contributed by atoms with Gasteiger partial charge in [-0.2, -0.15) is 11.3 Å². The minimum Gasteiger partial charge on any atom is -0.404 e. The number of imide groups is 1. The molecule has 1 aliphatic heterocycles. The van der Waals surface area contributed by atoms with Crippen LogP contribution in [0.5, 0.6) is 0 Å². The molecular weight excluding hydrogens is 274 g/mol. The summed E-state index contributed by atoms with van der Waals surface area (Å²) in [5.74, 6) is -0.325. The number of hydrogen-bond acceptors (Lipinski definition) is 4. The van der Waals surface area contributed by atoms with Gasteiger partial charge in [-0.15, -0.1) is 0 Å². The smallest absolute Gasteiger partial charge is 0.404 e. The molecule has 0 atom stereocenters. The lowest BCUT2D eigenvalue weighted by Crippen LogP contribution is -2.28. The molecule has 2 aromatic rings. The van der Waals surface area contributed by atoms with Crippen LogP contribution in [0.4, 0.5) is 4.79 Å². The number of rotatable bonds is 3. The Morgan fingerprint density at radius 3 is 2.65 bits per heavy atom. The van der Waals surface area contributed by atoms with E-state index in [1.807, 2.05) is 47.2 Å². The molecule has 0 N–H and O–H groups in total. The molecule has 1 aliphatic rings. The first-order chi connectivity index (χ1) is 9.74. The van der Waals surface area contributed by atoms with E-state index in [0.717, 1.165) is 16.0 Å². The molecule has 1 aromatic heterocycles. The molecule has 0 bridgehead atoms. The number of amides is 2. The van der Waals surface area contributed by atoms with Crippen molar-refractivity contribution in [3.8, 4) is 0 Å². The van der Waals surface area contributed by atoms with Crippen LogP contribution in [0.25, 0.3) is 6.08 Å². The van der Waals surface area contributed by atoms with Crippen LogP contribution >= 0.6 is 11.3 Å². The molecule has 100 valence electrons. The molecule has 0 aliphatic carbocycles. The number of ether oxygens (including phenoxy) is 1. The molecular formula is C15H11NO3S. The minimum atomic E-state index is -0.625. The lowest BCUT2D eigenvalue weighted by molar-refractivity contribution is -0.123. The molecule has 0 radical (unpaired) electrons. The van der Waals surface area contributed by atoms with Crippen LogP contribution in [0.2, 0.25) is 0 Å². The van der Waals surface area contributed by atoms with E-state index < -0.39 is 12.0 Å². The molecule has 1 aromatic carbocycles. The molecule has 0 unspecified atom stereocenters. The van der Waals surface area contributed by atoms with E-state index in [2.05, 4.69) is 0 Å². The second kappa shape index (κ2) is 5.30. The summed E-state index contributed by atoms with van der Waals surface area (Å²) in [5, 5.41) is 3.78. The van der Waals surface area contributed by atoms with Crippen LogP contribution in [0, 0.1) is 0 Å². The normalized spacial score (nSPS) is 16.8. The highest BCUT2D eigenvalue weighted by atomic mass is 32.1. The van der Waals surface area contributed by atoms with Gasteiger partial charge in [0.2, 0.25) is 0 Å². The number of carbonyl (C=O) groups excluding carboxylic acids is 2. The van der Waals surface area contributed by atoms with Crippen molar-refractivity contribution in [1.82, 2.24) is 4.90 Å². The van der Waals surface area contributed by atoms with Gasteiger partial charge in [-0.3, -0.25) is 4.79 Å². The summed E-state index contributed by atoms with van der Waals surface area (Å²) >= 11 is 1.52. The predicted molar refractivity (Wildman–Crippen MR) is 75.8 cm³/mol. The largest absolute Gasteiger partial charge is 0.422 e. The van der Waals surface area contributed by atoms with Crippen molar-refractivity contribution in [3.63, 3.8) is 0 Å². The Kier molecular flexibility index (Phi) is 3.35. The standard InChI is InChI=1S/C15H11NO3S/c17-14-13(8-12-6-7-20-10-12)19-15(18)16(14)9-11-4-2-1-3-5-11/h1-8,10H,9H2/b13-8-. The van der Waals surface area contributed by atoms with Crippen molar-refractivity contribution in [2.45, 2.75) is 6.54 Å². The maximum atomic E-state index is 12.2. The summed E-state index contributed by atoms with van der Waals surface area (Å²) in [6.45, 7) is 0.222. The predicted octanol–water partition coefficient (Wildman–Crippen LogP) is 3.27. The quantitative estimate of drug-likeness (QED) is 0.813. The fourth-order valence-corrected chi connectivity index (χ4v) is 2.53. The Labute approximate surface area is 119 Å². The Hall–Kier alpha value is -2.40. The molecule has 20 heavy (non-hydrogen) atoms. The van der Waals surface area contributed by atoms with Crippen LogP contribution in [0.15, 0.2) is 52.9 Å². The fraction of sp³-hybridized carbons (Fsp3) is 0.0667. The van der Waals surface area contributed by atoms with Crippen molar-refractivity contribution < 1.29 is 14.3 Å². The fourth-order valence-electron chi connectivity index (χ4n) is 1.91. The van der Waals surface area contributed by atoms with Gasteiger partial charge in [0.25, 0.3) is 5.91 Å². The zero-order valence-electron chi connectivity index (χ0n) is 10.5. The molecule has 0 spiro atoms. The van der Waals surface area contributed by atoms with Crippen LogP contribution in [-0.2, 0) is 16.1 Å². The topological polar surface area (TPSA) is 46.6 Å². The monoisotopic (exact) mass is 285 g/mol. The first kappa shape index (κ1) is 12.6. The van der Waals surface area contributed by atoms with Gasteiger partial charge in [-0.25, -0.2) is 9.69 Å². The van der Waals surface area contributed by atoms with Gasteiger partial charge in [0.05, 0.1) is 6.54 Å². The van der Waals surface area contributed by atoms with Gasteiger partial charge >= 0.3 is 6.09 Å². The van der Waals surface area contributed by atoms with E-state index in [1.165, 1.54) is 11.3 Å². The second-order valence-electron chi connectivity index (χ2n) is 4.31. The number of carbonyl (C=O) groups is 2. The minimum absolute atomic E-state index is 0.0735. The summed E-state index contributed by atoms with van der Waals surface area (Å²) in [5.41, 5.74) is 1.74. The highest BCUT2D eigenvalue weighted by molar-refractivity contribution is 7.08. The molecule has 1 fully saturated rings. The SMILES string of the molecule is O=C1O/C(=C\c2ccsc2)C(=O)N1Cc1ccccc1. The summed E-state index contributed by atoms with van der Waals surface area (Å²) < 4.78 is 5.03. The Bertz CT molecular complexity index is 662. The first-order valence-corrected chi connectivity index (χ1v) is 7.00. The van der Waals surface area contributed by atoms with Crippen molar-refractivity contribution in [2.75, 3.05) is 0 Å². The number of benzene rings is 1. The van der Waals surface area contributed by atoms with Crippen molar-refractivity contribution in [3.05, 3.63) is 64.0 Å². The third kappa shape index (κ3) is 2.48. The van der Waals surface area contributed by atoms with E-state index >= 15 is 0 Å². The second-order valence-corrected chi connectivity index (χ2v) is 5.09. The van der Waals surface area contributed by atoms with Gasteiger partial charge in [0, 0.05) is 0 Å². The lowest BCUT2D eigenvalue weighted by atomic mass is 10.2. The van der Waals surface area contributed by atoms with Gasteiger partial charge in [0.15, 0.2) is 5.76 Å². The van der Waals surface area contributed by atoms with Crippen molar-refractivity contribution in [2.24, 2.45) is 0 Å². The summed E-state index contributed by atoms with van der Waals surface area (Å²) in [6, 6.07) is 11.2. The third-order valence-corrected chi connectivity index (χ3v) is 3.60. The number of thiophene rings is 1. The number of hydrogen-bond donors (Lipinski definition) is 0. The van der Waals surface area contributed by atoms with Gasteiger partial charge in [0.1, 0.15) is 0 Å². The van der Waals surface area contributed by atoms with Gasteiger partial charge < -0.3 is 4.74 Å². The van der Waals surface area contributed by atoms with E-state index in [1.54, 1.807) is 6.08 Å². The first-order valence-electron chi connectivity index (χ1n) is 6.05. The molecule has 1 saturated heterocycles. The average Bonchev–Trinajstić information content (AvgIpc) is 3.05. The highest BCUT2D eigenvalue weighted by Gasteiger charge is 2.36. The Morgan fingerprint density at radius 1 is 1.15 bits per heavy atom. The maximum absolute atomic E-state index is 12.2. The lowest BCUT2D eigenvalue weighted by Gasteiger charge is -2.09. The average molecular weight is 285 g/mol. The van der Waals surface area contributed by atoms with E-state index in [4.69, 9.17) is 4.74 Å². The van der Waals surface area contributed by atoms with Crippen LogP contribution in [-0.4, -0.2) is 16.9 Å². The molecule has 2 heterocycles. The number of cyclic esters (lactones) is 1. The van der Waals surface area contributed by atoms with Gasteiger partial charge in [-0.05, 0) is 34.0 Å². The summed E-state index contributed by atoms with van der Waals surface area (Å²) in [4.78, 5) is 25.0. The third-order valence-electron chi connectivity index (χ3n) is 2.90. The van der Waals surface area contributed by atoms with Gasteiger partial charge in [-0.1, -0.05) is 30.3 Å². The Morgan fingerprint density at radius 2 is 1.95 bits per heavy atom. The summed E-state index contributed by atoms with van der Waals surface area (Å²) in [6.07, 6.45) is 0.960. The van der Waals surface area contributed by atoms with E-state index in [9.17, 15) is 9.59 Å². The molecule has 2 amide bonds.